The molecule has 0 aromatic rings. The molecule has 0 aliphatic carbocycles. The van der Waals surface area contributed by atoms with Crippen molar-refractivity contribution < 1.29 is 44.7 Å². The Kier molecular flexibility index (Phi) is 5.92. The summed E-state index contributed by atoms with van der Waals surface area (Å²) in [6, 6.07) is 0. The lowest BCUT2D eigenvalue weighted by Gasteiger charge is -2.43. The van der Waals surface area contributed by atoms with Crippen LogP contribution in [0.4, 0.5) is 9.59 Å². The van der Waals surface area contributed by atoms with Crippen LogP contribution in [0.2, 0.25) is 0 Å². The second-order valence-electron chi connectivity index (χ2n) is 4.59. The summed E-state index contributed by atoms with van der Waals surface area (Å²) in [6.07, 6.45) is -5.31. The van der Waals surface area contributed by atoms with E-state index in [0.29, 0.717) is 0 Å². The minimum absolute atomic E-state index is 0.876. The monoisotopic (exact) mass is 308 g/mol. The SMILES string of the molecule is CC(CC(=O)O)(NC(=O)O)C(O)(CNC(=O)O)CC(=O)O. The zero-order valence-electron chi connectivity index (χ0n) is 11.0. The van der Waals surface area contributed by atoms with Crippen molar-refractivity contribution >= 4 is 24.1 Å². The molecular weight excluding hydrogens is 292 g/mol. The number of aliphatic hydroxyl groups is 1. The third-order valence-corrected chi connectivity index (χ3v) is 2.89. The lowest BCUT2D eigenvalue weighted by Crippen LogP contribution is -2.67. The van der Waals surface area contributed by atoms with Gasteiger partial charge >= 0.3 is 24.1 Å². The molecule has 2 atom stereocenters. The molecule has 0 radical (unpaired) electrons. The summed E-state index contributed by atoms with van der Waals surface area (Å²) >= 11 is 0. The Labute approximate surface area is 118 Å². The number of aliphatic carboxylic acids is 2. The maximum Gasteiger partial charge on any atom is 0.405 e. The Bertz CT molecular complexity index is 434. The Morgan fingerprint density at radius 2 is 1.38 bits per heavy atom. The summed E-state index contributed by atoms with van der Waals surface area (Å²) in [5, 5.41) is 48.7. The topological polar surface area (TPSA) is 193 Å². The van der Waals surface area contributed by atoms with Crippen molar-refractivity contribution in [3.05, 3.63) is 0 Å². The fourth-order valence-electron chi connectivity index (χ4n) is 1.79. The molecule has 0 heterocycles. The van der Waals surface area contributed by atoms with Crippen LogP contribution >= 0.6 is 0 Å². The van der Waals surface area contributed by atoms with Crippen LogP contribution in [0.1, 0.15) is 19.8 Å². The zero-order chi connectivity index (χ0) is 16.8. The summed E-state index contributed by atoms with van der Waals surface area (Å²) in [6.45, 7) is 0.0976. The fraction of sp³-hybridized carbons (Fsp3) is 0.600. The van der Waals surface area contributed by atoms with E-state index in [1.165, 1.54) is 0 Å². The van der Waals surface area contributed by atoms with E-state index in [1.54, 1.807) is 10.6 Å². The fourth-order valence-corrected chi connectivity index (χ4v) is 1.79. The van der Waals surface area contributed by atoms with Gasteiger partial charge in [-0.3, -0.25) is 9.59 Å². The molecule has 0 aliphatic rings. The molecule has 21 heavy (non-hydrogen) atoms. The molecular formula is C10H16N2O9. The van der Waals surface area contributed by atoms with Crippen LogP contribution < -0.4 is 10.6 Å². The van der Waals surface area contributed by atoms with E-state index >= 15 is 0 Å². The van der Waals surface area contributed by atoms with Crippen molar-refractivity contribution in [2.75, 3.05) is 6.54 Å². The molecule has 11 heteroatoms. The number of amides is 2. The molecule has 0 aromatic heterocycles. The van der Waals surface area contributed by atoms with Crippen molar-refractivity contribution in [1.29, 1.82) is 0 Å². The summed E-state index contributed by atoms with van der Waals surface area (Å²) in [7, 11) is 0. The van der Waals surface area contributed by atoms with Crippen LogP contribution in [-0.4, -0.2) is 67.3 Å². The van der Waals surface area contributed by atoms with E-state index in [4.69, 9.17) is 20.4 Å². The minimum Gasteiger partial charge on any atom is -0.481 e. The largest absolute Gasteiger partial charge is 0.481 e. The smallest absolute Gasteiger partial charge is 0.405 e. The standard InChI is InChI=1S/C10H16N2O9/c1-9(2-5(13)14,12-8(19)20)10(21,3-6(15)16)4-11-7(17)18/h11-12,21H,2-4H2,1H3,(H,13,14)(H,15,16)(H,17,18)(H,19,20). The van der Waals surface area contributed by atoms with Gasteiger partial charge in [0.1, 0.15) is 5.60 Å². The molecule has 0 spiro atoms. The van der Waals surface area contributed by atoms with Crippen LogP contribution in [0.3, 0.4) is 0 Å². The van der Waals surface area contributed by atoms with Gasteiger partial charge < -0.3 is 36.2 Å². The van der Waals surface area contributed by atoms with Gasteiger partial charge in [-0.1, -0.05) is 0 Å². The van der Waals surface area contributed by atoms with Crippen molar-refractivity contribution in [2.24, 2.45) is 0 Å². The Morgan fingerprint density at radius 3 is 1.71 bits per heavy atom. The first-order valence-corrected chi connectivity index (χ1v) is 5.56. The zero-order valence-corrected chi connectivity index (χ0v) is 11.0. The van der Waals surface area contributed by atoms with E-state index in [1.807, 2.05) is 0 Å². The number of nitrogens with one attached hydrogen (secondary N) is 2. The molecule has 7 N–H and O–H groups in total. The molecule has 0 aliphatic heterocycles. The molecule has 0 fully saturated rings. The first-order valence-electron chi connectivity index (χ1n) is 5.56. The summed E-state index contributed by atoms with van der Waals surface area (Å²) in [5.74, 6) is -3.07. The van der Waals surface area contributed by atoms with Crippen molar-refractivity contribution in [3.63, 3.8) is 0 Å². The highest BCUT2D eigenvalue weighted by molar-refractivity contribution is 5.74. The maximum atomic E-state index is 10.8. The maximum absolute atomic E-state index is 10.8. The number of hydrogen-bond acceptors (Lipinski definition) is 5. The highest BCUT2D eigenvalue weighted by Crippen LogP contribution is 2.29. The average Bonchev–Trinajstić information content (AvgIpc) is 2.22. The van der Waals surface area contributed by atoms with Crippen LogP contribution in [-0.2, 0) is 9.59 Å². The Balaban J connectivity index is 5.62. The van der Waals surface area contributed by atoms with Crippen LogP contribution in [0.25, 0.3) is 0 Å². The summed E-state index contributed by atoms with van der Waals surface area (Å²) in [5.41, 5.74) is -4.63. The molecule has 2 unspecified atom stereocenters. The van der Waals surface area contributed by atoms with Crippen LogP contribution in [0.15, 0.2) is 0 Å². The predicted octanol–water partition coefficient (Wildman–Crippen LogP) is -1.04. The second kappa shape index (κ2) is 6.74. The highest BCUT2D eigenvalue weighted by Gasteiger charge is 2.51. The molecule has 0 saturated carbocycles. The van der Waals surface area contributed by atoms with Gasteiger partial charge in [-0.25, -0.2) is 9.59 Å². The van der Waals surface area contributed by atoms with Gasteiger partial charge in [-0.05, 0) is 6.92 Å². The molecule has 0 saturated heterocycles. The molecule has 0 rings (SSSR count). The van der Waals surface area contributed by atoms with E-state index in [-0.39, 0.29) is 0 Å². The number of carboxylic acid groups (broad SMARTS) is 4. The lowest BCUT2D eigenvalue weighted by molar-refractivity contribution is -0.152. The van der Waals surface area contributed by atoms with Crippen LogP contribution in [0.5, 0.6) is 0 Å². The third kappa shape index (κ3) is 5.52. The normalized spacial score (nSPS) is 16.1. The molecule has 0 bridgehead atoms. The van der Waals surface area contributed by atoms with Gasteiger partial charge in [-0.15, -0.1) is 0 Å². The Morgan fingerprint density at radius 1 is 0.905 bits per heavy atom. The van der Waals surface area contributed by atoms with Gasteiger partial charge in [0.25, 0.3) is 0 Å². The molecule has 2 amide bonds. The quantitative estimate of drug-likeness (QED) is 0.293. The minimum atomic E-state index is -2.49. The van der Waals surface area contributed by atoms with Crippen molar-refractivity contribution in [1.82, 2.24) is 10.6 Å². The summed E-state index contributed by atoms with van der Waals surface area (Å²) in [4.78, 5) is 42.9. The first-order chi connectivity index (χ1) is 9.42. The second-order valence-corrected chi connectivity index (χ2v) is 4.59. The predicted molar refractivity (Wildman–Crippen MR) is 65.0 cm³/mol. The summed E-state index contributed by atoms with van der Waals surface area (Å²) < 4.78 is 0. The Hall–Kier alpha value is -2.56. The molecule has 0 aromatic carbocycles. The number of rotatable bonds is 8. The number of carboxylic acids is 2. The van der Waals surface area contributed by atoms with E-state index in [9.17, 15) is 24.3 Å². The van der Waals surface area contributed by atoms with E-state index < -0.39 is 54.7 Å². The van der Waals surface area contributed by atoms with Gasteiger partial charge in [-0.2, -0.15) is 0 Å². The first kappa shape index (κ1) is 18.4. The third-order valence-electron chi connectivity index (χ3n) is 2.89. The molecule has 11 nitrogen and oxygen atoms in total. The van der Waals surface area contributed by atoms with Crippen LogP contribution in [0, 0.1) is 0 Å². The van der Waals surface area contributed by atoms with Gasteiger partial charge in [0, 0.05) is 0 Å². The van der Waals surface area contributed by atoms with E-state index in [0.717, 1.165) is 6.92 Å². The number of carbonyl (C=O) groups is 4. The lowest BCUT2D eigenvalue weighted by atomic mass is 9.76. The van der Waals surface area contributed by atoms with Gasteiger partial charge in [0.05, 0.1) is 24.9 Å². The van der Waals surface area contributed by atoms with E-state index in [2.05, 4.69) is 0 Å². The van der Waals surface area contributed by atoms with Gasteiger partial charge in [0.15, 0.2) is 0 Å². The van der Waals surface area contributed by atoms with Crippen molar-refractivity contribution in [3.8, 4) is 0 Å². The highest BCUT2D eigenvalue weighted by atomic mass is 16.4. The average molecular weight is 308 g/mol. The van der Waals surface area contributed by atoms with Gasteiger partial charge in [0.2, 0.25) is 0 Å². The number of hydrogen-bond donors (Lipinski definition) is 7. The molecule has 120 valence electrons. The van der Waals surface area contributed by atoms with Crippen molar-refractivity contribution in [2.45, 2.75) is 30.9 Å².